The smallest absolute Gasteiger partial charge is 0.188 e. The van der Waals surface area contributed by atoms with Crippen molar-refractivity contribution in [3.05, 3.63) is 36.9 Å². The van der Waals surface area contributed by atoms with Crippen LogP contribution in [-0.2, 0) is 0 Å². The summed E-state index contributed by atoms with van der Waals surface area (Å²) in [6.45, 7) is 5.13. The average Bonchev–Trinajstić information content (AvgIpc) is 2.42. The monoisotopic (exact) mass is 247 g/mol. The zero-order valence-corrected chi connectivity index (χ0v) is 10.1. The molecule has 1 unspecified atom stereocenters. The van der Waals surface area contributed by atoms with E-state index in [1.54, 1.807) is 6.08 Å². The molecule has 0 radical (unpaired) electrons. The summed E-state index contributed by atoms with van der Waals surface area (Å²) in [6, 6.07) is 7.59. The molecule has 0 spiro atoms. The van der Waals surface area contributed by atoms with Gasteiger partial charge < -0.3 is 20.5 Å². The Morgan fingerprint density at radius 2 is 2.28 bits per heavy atom. The quantitative estimate of drug-likeness (QED) is 0.471. The summed E-state index contributed by atoms with van der Waals surface area (Å²) in [5.74, 6) is 1.91. The minimum Gasteiger partial charge on any atom is -0.486 e. The number of benzene rings is 1. The predicted molar refractivity (Wildman–Crippen MR) is 71.0 cm³/mol. The van der Waals surface area contributed by atoms with Gasteiger partial charge in [0.15, 0.2) is 23.6 Å². The first-order valence-electron chi connectivity index (χ1n) is 5.83. The topological polar surface area (TPSA) is 68.9 Å². The molecule has 0 aliphatic carbocycles. The second-order valence-corrected chi connectivity index (χ2v) is 3.89. The third-order valence-electron chi connectivity index (χ3n) is 2.46. The van der Waals surface area contributed by atoms with Crippen LogP contribution in [0.2, 0.25) is 0 Å². The summed E-state index contributed by atoms with van der Waals surface area (Å²) in [7, 11) is 0. The molecular weight excluding hydrogens is 230 g/mol. The first-order valence-corrected chi connectivity index (χ1v) is 5.83. The summed E-state index contributed by atoms with van der Waals surface area (Å²) < 4.78 is 11.3. The van der Waals surface area contributed by atoms with E-state index in [2.05, 4.69) is 16.9 Å². The van der Waals surface area contributed by atoms with Crippen molar-refractivity contribution >= 4 is 5.96 Å². The van der Waals surface area contributed by atoms with Crippen LogP contribution in [0, 0.1) is 0 Å². The Morgan fingerprint density at radius 3 is 3.06 bits per heavy atom. The Hall–Kier alpha value is -2.17. The SMILES string of the molecule is C=CCNC(N)=NCC1COc2ccccc2O1. The van der Waals surface area contributed by atoms with Crippen molar-refractivity contribution in [2.24, 2.45) is 10.7 Å². The molecule has 5 heteroatoms. The molecular formula is C13H17N3O2. The van der Waals surface area contributed by atoms with Crippen LogP contribution < -0.4 is 20.5 Å². The van der Waals surface area contributed by atoms with E-state index in [1.165, 1.54) is 0 Å². The highest BCUT2D eigenvalue weighted by Gasteiger charge is 2.19. The lowest BCUT2D eigenvalue weighted by molar-refractivity contribution is 0.0972. The number of nitrogens with two attached hydrogens (primary N) is 1. The van der Waals surface area contributed by atoms with E-state index in [9.17, 15) is 0 Å². The van der Waals surface area contributed by atoms with Gasteiger partial charge in [-0.05, 0) is 12.1 Å². The van der Waals surface area contributed by atoms with Crippen LogP contribution in [0.25, 0.3) is 0 Å². The zero-order valence-electron chi connectivity index (χ0n) is 10.1. The Balaban J connectivity index is 1.88. The molecule has 0 saturated heterocycles. The van der Waals surface area contributed by atoms with E-state index in [1.807, 2.05) is 24.3 Å². The van der Waals surface area contributed by atoms with Gasteiger partial charge in [0, 0.05) is 6.54 Å². The lowest BCUT2D eigenvalue weighted by Gasteiger charge is -2.25. The first kappa shape index (κ1) is 12.3. The number of guanidine groups is 1. The summed E-state index contributed by atoms with van der Waals surface area (Å²) in [5, 5.41) is 2.90. The maximum absolute atomic E-state index is 5.75. The van der Waals surface area contributed by atoms with Gasteiger partial charge in [0.2, 0.25) is 0 Å². The highest BCUT2D eigenvalue weighted by Crippen LogP contribution is 2.30. The fourth-order valence-corrected chi connectivity index (χ4v) is 1.59. The molecule has 1 aromatic carbocycles. The summed E-state index contributed by atoms with van der Waals surface area (Å²) >= 11 is 0. The highest BCUT2D eigenvalue weighted by atomic mass is 16.6. The van der Waals surface area contributed by atoms with Gasteiger partial charge in [0.1, 0.15) is 6.61 Å². The molecule has 3 N–H and O–H groups in total. The van der Waals surface area contributed by atoms with Gasteiger partial charge in [0.25, 0.3) is 0 Å². The lowest BCUT2D eigenvalue weighted by Crippen LogP contribution is -2.36. The van der Waals surface area contributed by atoms with Crippen molar-refractivity contribution in [2.75, 3.05) is 19.7 Å². The molecule has 0 saturated carbocycles. The van der Waals surface area contributed by atoms with Gasteiger partial charge in [-0.15, -0.1) is 6.58 Å². The third kappa shape index (κ3) is 3.16. The van der Waals surface area contributed by atoms with E-state index in [4.69, 9.17) is 15.2 Å². The van der Waals surface area contributed by atoms with Crippen LogP contribution >= 0.6 is 0 Å². The molecule has 0 aromatic heterocycles. The van der Waals surface area contributed by atoms with Crippen molar-refractivity contribution in [1.82, 2.24) is 5.32 Å². The number of hydrogen-bond acceptors (Lipinski definition) is 3. The zero-order chi connectivity index (χ0) is 12.8. The Morgan fingerprint density at radius 1 is 1.50 bits per heavy atom. The predicted octanol–water partition coefficient (Wildman–Crippen LogP) is 0.917. The van der Waals surface area contributed by atoms with E-state index in [-0.39, 0.29) is 6.10 Å². The maximum atomic E-state index is 5.75. The van der Waals surface area contributed by atoms with E-state index in [0.717, 1.165) is 11.5 Å². The number of ether oxygens (including phenoxy) is 2. The number of rotatable bonds is 4. The minimum atomic E-state index is -0.107. The van der Waals surface area contributed by atoms with Crippen molar-refractivity contribution in [2.45, 2.75) is 6.10 Å². The fourth-order valence-electron chi connectivity index (χ4n) is 1.59. The van der Waals surface area contributed by atoms with Crippen LogP contribution in [0.5, 0.6) is 11.5 Å². The Bertz CT molecular complexity index is 446. The summed E-state index contributed by atoms with van der Waals surface area (Å²) in [4.78, 5) is 4.19. The first-order chi connectivity index (χ1) is 8.79. The summed E-state index contributed by atoms with van der Waals surface area (Å²) in [6.07, 6.45) is 1.61. The van der Waals surface area contributed by atoms with Crippen molar-refractivity contribution in [1.29, 1.82) is 0 Å². The van der Waals surface area contributed by atoms with Crippen molar-refractivity contribution in [3.63, 3.8) is 0 Å². The molecule has 1 aliphatic rings. The van der Waals surface area contributed by atoms with Crippen LogP contribution in [0.4, 0.5) is 0 Å². The van der Waals surface area contributed by atoms with E-state index >= 15 is 0 Å². The van der Waals surface area contributed by atoms with Gasteiger partial charge in [-0.25, -0.2) is 4.99 Å². The molecule has 1 aliphatic heterocycles. The number of nitrogens with one attached hydrogen (secondary N) is 1. The second kappa shape index (κ2) is 5.95. The third-order valence-corrected chi connectivity index (χ3v) is 2.46. The van der Waals surface area contributed by atoms with Crippen molar-refractivity contribution < 1.29 is 9.47 Å². The minimum absolute atomic E-state index is 0.107. The largest absolute Gasteiger partial charge is 0.486 e. The van der Waals surface area contributed by atoms with Crippen LogP contribution in [0.15, 0.2) is 41.9 Å². The molecule has 1 atom stereocenters. The van der Waals surface area contributed by atoms with Gasteiger partial charge in [-0.1, -0.05) is 18.2 Å². The van der Waals surface area contributed by atoms with Gasteiger partial charge >= 0.3 is 0 Å². The summed E-state index contributed by atoms with van der Waals surface area (Å²) in [5.41, 5.74) is 5.67. The van der Waals surface area contributed by atoms with Crippen LogP contribution in [0.3, 0.4) is 0 Å². The number of nitrogens with zero attached hydrogens (tertiary/aromatic N) is 1. The number of fused-ring (bicyclic) bond motifs is 1. The molecule has 18 heavy (non-hydrogen) atoms. The highest BCUT2D eigenvalue weighted by molar-refractivity contribution is 5.77. The van der Waals surface area contributed by atoms with Crippen LogP contribution in [0.1, 0.15) is 0 Å². The average molecular weight is 247 g/mol. The number of aliphatic imine (C=N–C) groups is 1. The number of para-hydroxylation sites is 2. The standard InChI is InChI=1S/C13H17N3O2/c1-2-7-15-13(14)16-8-10-9-17-11-5-3-4-6-12(11)18-10/h2-6,10H,1,7-9H2,(H3,14,15,16). The molecule has 5 nitrogen and oxygen atoms in total. The Labute approximate surface area is 106 Å². The molecule has 1 aromatic rings. The number of hydrogen-bond donors (Lipinski definition) is 2. The molecule has 0 bridgehead atoms. The molecule has 1 heterocycles. The van der Waals surface area contributed by atoms with Gasteiger partial charge in [-0.3, -0.25) is 0 Å². The van der Waals surface area contributed by atoms with E-state index in [0.29, 0.717) is 25.7 Å². The normalized spacial score (nSPS) is 18.2. The van der Waals surface area contributed by atoms with Gasteiger partial charge in [0.05, 0.1) is 6.54 Å². The van der Waals surface area contributed by atoms with Gasteiger partial charge in [-0.2, -0.15) is 0 Å². The van der Waals surface area contributed by atoms with E-state index < -0.39 is 0 Å². The lowest BCUT2D eigenvalue weighted by atomic mass is 10.2. The molecule has 0 fully saturated rings. The fraction of sp³-hybridized carbons (Fsp3) is 0.308. The molecule has 2 rings (SSSR count). The molecule has 0 amide bonds. The molecule has 96 valence electrons. The Kier molecular flexibility index (Phi) is 4.06. The maximum Gasteiger partial charge on any atom is 0.188 e. The van der Waals surface area contributed by atoms with Crippen molar-refractivity contribution in [3.8, 4) is 11.5 Å². The van der Waals surface area contributed by atoms with Crippen LogP contribution in [-0.4, -0.2) is 31.8 Å². The second-order valence-electron chi connectivity index (χ2n) is 3.89.